The molecule has 4 heteroatoms. The molecule has 0 saturated carbocycles. The lowest BCUT2D eigenvalue weighted by Gasteiger charge is -2.00. The van der Waals surface area contributed by atoms with Gasteiger partial charge in [0.1, 0.15) is 11.7 Å². The maximum Gasteiger partial charge on any atom is 0.330 e. The molecule has 0 aromatic carbocycles. The van der Waals surface area contributed by atoms with Gasteiger partial charge >= 0.3 is 5.97 Å². The van der Waals surface area contributed by atoms with E-state index in [0.29, 0.717) is 6.42 Å². The second-order valence-electron chi connectivity index (χ2n) is 3.33. The second-order valence-corrected chi connectivity index (χ2v) is 3.33. The fourth-order valence-corrected chi connectivity index (χ4v) is 1.61. The lowest BCUT2D eigenvalue weighted by molar-refractivity contribution is -0.134. The highest BCUT2D eigenvalue weighted by Gasteiger charge is 2.57. The van der Waals surface area contributed by atoms with Crippen LogP contribution in [0.4, 0.5) is 0 Å². The van der Waals surface area contributed by atoms with E-state index in [2.05, 4.69) is 10.8 Å². The number of esters is 1. The normalized spacial score (nSPS) is 33.4. The summed E-state index contributed by atoms with van der Waals surface area (Å²) >= 11 is 0. The highest BCUT2D eigenvalue weighted by atomic mass is 16.6. The largest absolute Gasteiger partial charge is 0.466 e. The molecular weight excluding hydrogens is 182 g/mol. The molecule has 0 amide bonds. The van der Waals surface area contributed by atoms with E-state index in [0.717, 1.165) is 5.57 Å². The zero-order valence-electron chi connectivity index (χ0n) is 7.69. The van der Waals surface area contributed by atoms with Crippen LogP contribution in [0.3, 0.4) is 0 Å². The number of rotatable bonds is 2. The van der Waals surface area contributed by atoms with Crippen molar-refractivity contribution in [2.45, 2.75) is 18.1 Å². The molecule has 2 unspecified atom stereocenters. The number of nitrogens with zero attached hydrogens (tertiary/aromatic N) is 1. The molecule has 4 nitrogen and oxygen atoms in total. The van der Waals surface area contributed by atoms with Crippen LogP contribution in [0.15, 0.2) is 23.8 Å². The molecule has 2 aliphatic rings. The van der Waals surface area contributed by atoms with Gasteiger partial charge in [-0.15, -0.1) is 0 Å². The minimum atomic E-state index is -0.431. The summed E-state index contributed by atoms with van der Waals surface area (Å²) in [5.74, 6) is -0.404. The third kappa shape index (κ3) is 1.32. The van der Waals surface area contributed by atoms with Crippen LogP contribution >= 0.6 is 0 Å². The molecule has 0 aromatic rings. The molecule has 14 heavy (non-hydrogen) atoms. The van der Waals surface area contributed by atoms with Gasteiger partial charge in [-0.2, -0.15) is 5.26 Å². The summed E-state index contributed by atoms with van der Waals surface area (Å²) in [4.78, 5) is 10.8. The van der Waals surface area contributed by atoms with E-state index in [1.54, 1.807) is 12.2 Å². The van der Waals surface area contributed by atoms with Gasteiger partial charge in [0, 0.05) is 18.1 Å². The van der Waals surface area contributed by atoms with Crippen LogP contribution in [0.5, 0.6) is 0 Å². The van der Waals surface area contributed by atoms with Crippen molar-refractivity contribution >= 4 is 5.97 Å². The Hall–Kier alpha value is -1.60. The van der Waals surface area contributed by atoms with Crippen molar-refractivity contribution in [3.05, 3.63) is 23.8 Å². The molecule has 72 valence electrons. The van der Waals surface area contributed by atoms with Gasteiger partial charge in [0.25, 0.3) is 0 Å². The fraction of sp³-hybridized carbons (Fsp3) is 0.400. The second kappa shape index (κ2) is 2.96. The van der Waals surface area contributed by atoms with Gasteiger partial charge in [-0.3, -0.25) is 0 Å². The lowest BCUT2D eigenvalue weighted by atomic mass is 10.0. The first-order valence-electron chi connectivity index (χ1n) is 4.26. The molecule has 0 N–H and O–H groups in total. The molecule has 0 aromatic heterocycles. The van der Waals surface area contributed by atoms with Crippen molar-refractivity contribution < 1.29 is 14.3 Å². The van der Waals surface area contributed by atoms with Crippen molar-refractivity contribution in [2.75, 3.05) is 7.11 Å². The molecule has 2 rings (SSSR count). The number of hydrogen-bond acceptors (Lipinski definition) is 4. The summed E-state index contributed by atoms with van der Waals surface area (Å²) in [6.07, 6.45) is 5.33. The zero-order valence-corrected chi connectivity index (χ0v) is 7.69. The van der Waals surface area contributed by atoms with Gasteiger partial charge in [-0.05, 0) is 12.2 Å². The summed E-state index contributed by atoms with van der Waals surface area (Å²) in [6, 6.07) is 2.08. The average molecular weight is 191 g/mol. The Balaban J connectivity index is 2.02. The maximum atomic E-state index is 10.8. The molecule has 1 heterocycles. The first-order valence-corrected chi connectivity index (χ1v) is 4.26. The molecule has 0 radical (unpaired) electrons. The molecular formula is C10H9NO3. The zero-order chi connectivity index (χ0) is 10.2. The van der Waals surface area contributed by atoms with Gasteiger partial charge in [0.2, 0.25) is 0 Å². The van der Waals surface area contributed by atoms with Crippen LogP contribution in [0.1, 0.15) is 6.42 Å². The fourth-order valence-electron chi connectivity index (χ4n) is 1.61. The van der Waals surface area contributed by atoms with Crippen LogP contribution in [0.25, 0.3) is 0 Å². The highest BCUT2D eigenvalue weighted by Crippen LogP contribution is 2.49. The third-order valence-corrected chi connectivity index (χ3v) is 2.44. The Morgan fingerprint density at radius 1 is 1.93 bits per heavy atom. The summed E-state index contributed by atoms with van der Waals surface area (Å²) in [5.41, 5.74) is 0.287. The number of carbonyl (C=O) groups is 1. The molecule has 2 atom stereocenters. The van der Waals surface area contributed by atoms with Gasteiger partial charge in [-0.25, -0.2) is 4.79 Å². The monoisotopic (exact) mass is 191 g/mol. The van der Waals surface area contributed by atoms with E-state index in [-0.39, 0.29) is 6.10 Å². The van der Waals surface area contributed by atoms with Crippen molar-refractivity contribution in [3.8, 4) is 6.07 Å². The maximum absolute atomic E-state index is 10.8. The number of epoxide rings is 1. The van der Waals surface area contributed by atoms with Crippen molar-refractivity contribution in [1.82, 2.24) is 0 Å². The Bertz CT molecular complexity index is 377. The molecule has 1 aliphatic carbocycles. The standard InChI is InChI=1S/C10H9NO3/c1-13-9(12)2-3-10-5-7(6-11)4-8(10)14-10/h2-4,8H,5H2,1H3. The first kappa shape index (κ1) is 8.97. The Kier molecular flexibility index (Phi) is 1.90. The van der Waals surface area contributed by atoms with E-state index in [1.165, 1.54) is 13.2 Å². The average Bonchev–Trinajstić information content (AvgIpc) is 2.77. The molecule has 1 saturated heterocycles. The Morgan fingerprint density at radius 2 is 2.71 bits per heavy atom. The number of ether oxygens (including phenoxy) is 2. The molecule has 1 fully saturated rings. The van der Waals surface area contributed by atoms with Crippen LogP contribution in [0, 0.1) is 11.3 Å². The molecule has 0 bridgehead atoms. The van der Waals surface area contributed by atoms with Gasteiger partial charge < -0.3 is 9.47 Å². The number of methoxy groups -OCH3 is 1. The van der Waals surface area contributed by atoms with E-state index < -0.39 is 11.6 Å². The van der Waals surface area contributed by atoms with Crippen molar-refractivity contribution in [1.29, 1.82) is 5.26 Å². The summed E-state index contributed by atoms with van der Waals surface area (Å²) in [5, 5.41) is 8.65. The molecule has 0 spiro atoms. The lowest BCUT2D eigenvalue weighted by Crippen LogP contribution is -2.08. The smallest absolute Gasteiger partial charge is 0.330 e. The van der Waals surface area contributed by atoms with Crippen molar-refractivity contribution in [2.24, 2.45) is 0 Å². The Morgan fingerprint density at radius 3 is 3.29 bits per heavy atom. The SMILES string of the molecule is COC(=O)C=CC12CC(C#N)=CC1O2. The summed E-state index contributed by atoms with van der Waals surface area (Å²) in [6.45, 7) is 0. The van der Waals surface area contributed by atoms with E-state index in [4.69, 9.17) is 10.00 Å². The number of hydrogen-bond donors (Lipinski definition) is 0. The van der Waals surface area contributed by atoms with Crippen LogP contribution < -0.4 is 0 Å². The predicted molar refractivity (Wildman–Crippen MR) is 47.1 cm³/mol. The van der Waals surface area contributed by atoms with Gasteiger partial charge in [0.15, 0.2) is 0 Å². The van der Waals surface area contributed by atoms with E-state index >= 15 is 0 Å². The topological polar surface area (TPSA) is 62.6 Å². The predicted octanol–water partition coefficient (Wildman–Crippen LogP) is 0.707. The van der Waals surface area contributed by atoms with Crippen LogP contribution in [-0.4, -0.2) is 24.8 Å². The van der Waals surface area contributed by atoms with E-state index in [9.17, 15) is 4.79 Å². The minimum Gasteiger partial charge on any atom is -0.466 e. The van der Waals surface area contributed by atoms with E-state index in [1.807, 2.05) is 0 Å². The van der Waals surface area contributed by atoms with Crippen molar-refractivity contribution in [3.63, 3.8) is 0 Å². The van der Waals surface area contributed by atoms with Crippen LogP contribution in [0.2, 0.25) is 0 Å². The van der Waals surface area contributed by atoms with Gasteiger partial charge in [-0.1, -0.05) is 0 Å². The summed E-state index contributed by atoms with van der Waals surface area (Å²) < 4.78 is 9.81. The number of nitriles is 1. The number of fused-ring (bicyclic) bond motifs is 1. The molecule has 1 aliphatic heterocycles. The first-order chi connectivity index (χ1) is 6.70. The quantitative estimate of drug-likeness (QED) is 0.366. The third-order valence-electron chi connectivity index (χ3n) is 2.44. The Labute approximate surface area is 81.4 Å². The highest BCUT2D eigenvalue weighted by molar-refractivity contribution is 5.82. The van der Waals surface area contributed by atoms with Crippen LogP contribution in [-0.2, 0) is 14.3 Å². The summed E-state index contributed by atoms with van der Waals surface area (Å²) in [7, 11) is 1.32. The van der Waals surface area contributed by atoms with Gasteiger partial charge in [0.05, 0.1) is 13.2 Å². The minimum absolute atomic E-state index is 0.0296. The number of carbonyl (C=O) groups excluding carboxylic acids is 1.